The van der Waals surface area contributed by atoms with Crippen molar-refractivity contribution in [2.24, 2.45) is 0 Å². The van der Waals surface area contributed by atoms with Gasteiger partial charge >= 0.3 is 5.97 Å². The molecule has 0 aliphatic rings. The summed E-state index contributed by atoms with van der Waals surface area (Å²) in [7, 11) is 1.32. The Hall–Kier alpha value is -1.13. The van der Waals surface area contributed by atoms with Gasteiger partial charge in [0.1, 0.15) is 0 Å². The van der Waals surface area contributed by atoms with E-state index in [1.165, 1.54) is 7.05 Å². The van der Waals surface area contributed by atoms with Gasteiger partial charge in [0.2, 0.25) is 0 Å². The second-order valence-corrected chi connectivity index (χ2v) is 1.90. The number of carbonyl (C=O) groups excluding carboxylic acids is 1. The van der Waals surface area contributed by atoms with Crippen molar-refractivity contribution < 1.29 is 18.3 Å². The van der Waals surface area contributed by atoms with E-state index in [-0.39, 0.29) is 6.61 Å². The first kappa shape index (κ1) is 10.9. The molecule has 0 radical (unpaired) electrons. The van der Waals surface area contributed by atoms with Gasteiger partial charge in [-0.15, -0.1) is 0 Å². The lowest BCUT2D eigenvalue weighted by Gasteiger charge is -2.04. The Balaban J connectivity index is 4.18. The normalized spacial score (nSPS) is 11.6. The van der Waals surface area contributed by atoms with Crippen molar-refractivity contribution in [2.45, 2.75) is 13.3 Å². The molecule has 0 atom stereocenters. The van der Waals surface area contributed by atoms with Crippen LogP contribution in [0.5, 0.6) is 0 Å². The van der Waals surface area contributed by atoms with Gasteiger partial charge in [0.05, 0.1) is 12.3 Å². The molecule has 0 aliphatic heterocycles. The van der Waals surface area contributed by atoms with E-state index in [0.717, 1.165) is 6.08 Å². The lowest BCUT2D eigenvalue weighted by molar-refractivity contribution is -0.137. The van der Waals surface area contributed by atoms with Gasteiger partial charge in [0.25, 0.3) is 6.43 Å². The molecular weight excluding hydrogens is 168 g/mol. The molecule has 0 aromatic rings. The van der Waals surface area contributed by atoms with Gasteiger partial charge in [-0.3, -0.25) is 0 Å². The third-order valence-corrected chi connectivity index (χ3v) is 1.08. The molecule has 12 heavy (non-hydrogen) atoms. The average Bonchev–Trinajstić information content (AvgIpc) is 2.00. The highest BCUT2D eigenvalue weighted by molar-refractivity contribution is 5.82. The van der Waals surface area contributed by atoms with Crippen LogP contribution in [0.4, 0.5) is 8.78 Å². The van der Waals surface area contributed by atoms with Gasteiger partial charge in [0, 0.05) is 13.1 Å². The highest BCUT2D eigenvalue weighted by Gasteiger charge is 2.10. The van der Waals surface area contributed by atoms with Crippen molar-refractivity contribution in [2.75, 3.05) is 13.7 Å². The van der Waals surface area contributed by atoms with E-state index in [0.29, 0.717) is 0 Å². The molecule has 5 heteroatoms. The van der Waals surface area contributed by atoms with Crippen molar-refractivity contribution in [3.8, 4) is 0 Å². The SMILES string of the molecule is CCOC(=O)C=C(NC)C(F)F. The number of ether oxygens (including phenoxy) is 1. The number of hydrogen-bond acceptors (Lipinski definition) is 3. The Morgan fingerprint density at radius 3 is 2.58 bits per heavy atom. The Labute approximate surface area is 69.4 Å². The summed E-state index contributed by atoms with van der Waals surface area (Å²) in [6.07, 6.45) is -1.94. The maximum Gasteiger partial charge on any atom is 0.332 e. The Bertz CT molecular complexity index is 180. The Morgan fingerprint density at radius 2 is 2.25 bits per heavy atom. The van der Waals surface area contributed by atoms with Crippen molar-refractivity contribution in [3.63, 3.8) is 0 Å². The molecule has 0 spiro atoms. The van der Waals surface area contributed by atoms with Gasteiger partial charge in [-0.1, -0.05) is 0 Å². The summed E-state index contributed by atoms with van der Waals surface area (Å²) < 4.78 is 28.4. The molecule has 0 heterocycles. The zero-order valence-corrected chi connectivity index (χ0v) is 6.93. The van der Waals surface area contributed by atoms with Crippen LogP contribution in [0.3, 0.4) is 0 Å². The number of carbonyl (C=O) groups is 1. The molecule has 70 valence electrons. The molecule has 0 bridgehead atoms. The van der Waals surface area contributed by atoms with E-state index in [9.17, 15) is 13.6 Å². The largest absolute Gasteiger partial charge is 0.463 e. The summed E-state index contributed by atoms with van der Waals surface area (Å²) in [5, 5.41) is 2.20. The van der Waals surface area contributed by atoms with Crippen LogP contribution in [0, 0.1) is 0 Å². The predicted molar refractivity (Wildman–Crippen MR) is 39.8 cm³/mol. The summed E-state index contributed by atoms with van der Waals surface area (Å²) in [4.78, 5) is 10.6. The van der Waals surface area contributed by atoms with Gasteiger partial charge in [-0.2, -0.15) is 0 Å². The second kappa shape index (κ2) is 5.51. The first-order valence-electron chi connectivity index (χ1n) is 3.46. The monoisotopic (exact) mass is 179 g/mol. The van der Waals surface area contributed by atoms with E-state index in [4.69, 9.17) is 0 Å². The van der Waals surface area contributed by atoms with Crippen molar-refractivity contribution in [1.82, 2.24) is 5.32 Å². The number of hydrogen-bond donors (Lipinski definition) is 1. The summed E-state index contributed by atoms with van der Waals surface area (Å²) in [5.74, 6) is -0.762. The summed E-state index contributed by atoms with van der Waals surface area (Å²) in [5.41, 5.74) is -0.437. The van der Waals surface area contributed by atoms with Crippen LogP contribution in [-0.2, 0) is 9.53 Å². The van der Waals surface area contributed by atoms with E-state index in [1.54, 1.807) is 6.92 Å². The van der Waals surface area contributed by atoms with Crippen molar-refractivity contribution in [3.05, 3.63) is 11.8 Å². The molecule has 0 rings (SSSR count). The standard InChI is InChI=1S/C7H11F2NO2/c1-3-12-6(11)4-5(10-2)7(8)9/h4,7,10H,3H2,1-2H3. The van der Waals surface area contributed by atoms with E-state index in [1.807, 2.05) is 0 Å². The average molecular weight is 179 g/mol. The Morgan fingerprint density at radius 1 is 1.67 bits per heavy atom. The van der Waals surface area contributed by atoms with Crippen LogP contribution in [0.15, 0.2) is 11.8 Å². The van der Waals surface area contributed by atoms with Crippen LogP contribution < -0.4 is 5.32 Å². The fourth-order valence-electron chi connectivity index (χ4n) is 0.555. The summed E-state index contributed by atoms with van der Waals surface area (Å²) >= 11 is 0. The highest BCUT2D eigenvalue weighted by Crippen LogP contribution is 2.03. The number of rotatable bonds is 4. The Kier molecular flexibility index (Phi) is 4.99. The smallest absolute Gasteiger partial charge is 0.332 e. The number of halogens is 2. The number of alkyl halides is 2. The lowest BCUT2D eigenvalue weighted by Crippen LogP contribution is -2.16. The molecule has 0 unspecified atom stereocenters. The zero-order chi connectivity index (χ0) is 9.56. The quantitative estimate of drug-likeness (QED) is 0.515. The maximum atomic E-state index is 12.0. The van der Waals surface area contributed by atoms with Crippen LogP contribution >= 0.6 is 0 Å². The van der Waals surface area contributed by atoms with Gasteiger partial charge < -0.3 is 10.1 Å². The van der Waals surface area contributed by atoms with Crippen LogP contribution in [0.2, 0.25) is 0 Å². The molecule has 0 aromatic carbocycles. The van der Waals surface area contributed by atoms with Gasteiger partial charge in [0.15, 0.2) is 0 Å². The van der Waals surface area contributed by atoms with Gasteiger partial charge in [-0.05, 0) is 6.92 Å². The summed E-state index contributed by atoms with van der Waals surface area (Å²) in [6.45, 7) is 1.78. The lowest BCUT2D eigenvalue weighted by atomic mass is 10.4. The highest BCUT2D eigenvalue weighted by atomic mass is 19.3. The molecular formula is C7H11F2NO2. The van der Waals surface area contributed by atoms with E-state index < -0.39 is 18.1 Å². The van der Waals surface area contributed by atoms with Crippen molar-refractivity contribution >= 4 is 5.97 Å². The second-order valence-electron chi connectivity index (χ2n) is 1.90. The predicted octanol–water partition coefficient (Wildman–Crippen LogP) is 0.918. The minimum absolute atomic E-state index is 0.176. The molecule has 0 fully saturated rings. The molecule has 0 aromatic heterocycles. The molecule has 1 N–H and O–H groups in total. The molecule has 3 nitrogen and oxygen atoms in total. The van der Waals surface area contributed by atoms with Crippen LogP contribution in [0.1, 0.15) is 6.92 Å². The fraction of sp³-hybridized carbons (Fsp3) is 0.571. The van der Waals surface area contributed by atoms with E-state index >= 15 is 0 Å². The third kappa shape index (κ3) is 3.90. The fourth-order valence-corrected chi connectivity index (χ4v) is 0.555. The van der Waals surface area contributed by atoms with Crippen LogP contribution in [0.25, 0.3) is 0 Å². The maximum absolute atomic E-state index is 12.0. The molecule has 0 aliphatic carbocycles. The first-order valence-corrected chi connectivity index (χ1v) is 3.46. The van der Waals surface area contributed by atoms with Crippen molar-refractivity contribution in [1.29, 1.82) is 0 Å². The van der Waals surface area contributed by atoms with Gasteiger partial charge in [-0.25, -0.2) is 13.6 Å². The topological polar surface area (TPSA) is 38.3 Å². The first-order chi connectivity index (χ1) is 5.61. The third-order valence-electron chi connectivity index (χ3n) is 1.08. The number of allylic oxidation sites excluding steroid dienone is 1. The summed E-state index contributed by atoms with van der Waals surface area (Å²) in [6, 6.07) is 0. The number of esters is 1. The number of nitrogens with one attached hydrogen (secondary N) is 1. The molecule has 0 saturated heterocycles. The zero-order valence-electron chi connectivity index (χ0n) is 6.93. The minimum Gasteiger partial charge on any atom is -0.463 e. The molecule has 0 amide bonds. The molecule has 0 saturated carbocycles. The van der Waals surface area contributed by atoms with E-state index in [2.05, 4.69) is 10.1 Å². The van der Waals surface area contributed by atoms with Crippen LogP contribution in [-0.4, -0.2) is 26.0 Å². The minimum atomic E-state index is -2.68.